The Hall–Kier alpha value is -1.58. The Morgan fingerprint density at radius 1 is 1.50 bits per heavy atom. The highest BCUT2D eigenvalue weighted by Gasteiger charge is 2.10. The van der Waals surface area contributed by atoms with Crippen LogP contribution in [-0.4, -0.2) is 24.0 Å². The molecule has 0 aliphatic rings. The van der Waals surface area contributed by atoms with Gasteiger partial charge >= 0.3 is 0 Å². The van der Waals surface area contributed by atoms with Gasteiger partial charge in [-0.3, -0.25) is 4.79 Å². The molecule has 0 bridgehead atoms. The second-order valence-electron chi connectivity index (χ2n) is 3.92. The molecule has 0 aliphatic carbocycles. The van der Waals surface area contributed by atoms with Crippen LogP contribution in [0.4, 0.5) is 5.82 Å². The minimum atomic E-state index is -0.0450. The molecule has 1 aromatic heterocycles. The molecule has 1 amide bonds. The molecule has 0 radical (unpaired) electrons. The minimum Gasteiger partial charge on any atom is -0.373 e. The van der Waals surface area contributed by atoms with E-state index in [1.165, 1.54) is 0 Å². The second-order valence-corrected chi connectivity index (χ2v) is 3.92. The smallest absolute Gasteiger partial charge is 0.251 e. The maximum atomic E-state index is 11.9. The van der Waals surface area contributed by atoms with Crippen molar-refractivity contribution < 1.29 is 4.79 Å². The van der Waals surface area contributed by atoms with E-state index in [2.05, 4.69) is 15.6 Å². The molecule has 0 saturated carbocycles. The average Bonchev–Trinajstić information content (AvgIpc) is 2.27. The molecule has 0 aliphatic heterocycles. The first-order valence-electron chi connectivity index (χ1n) is 5.54. The number of aryl methyl sites for hydroxylation is 1. The first-order chi connectivity index (χ1) is 7.56. The van der Waals surface area contributed by atoms with Gasteiger partial charge in [-0.05, 0) is 32.4 Å². The molecule has 1 heterocycles. The molecule has 4 heteroatoms. The van der Waals surface area contributed by atoms with E-state index < -0.39 is 0 Å². The van der Waals surface area contributed by atoms with Crippen molar-refractivity contribution >= 4 is 11.7 Å². The molecule has 88 valence electrons. The summed E-state index contributed by atoms with van der Waals surface area (Å²) in [7, 11) is 1.79. The lowest BCUT2D eigenvalue weighted by molar-refractivity contribution is 0.0939. The first-order valence-corrected chi connectivity index (χ1v) is 5.54. The fourth-order valence-electron chi connectivity index (χ4n) is 1.34. The Balaban J connectivity index is 2.86. The largest absolute Gasteiger partial charge is 0.373 e. The molecule has 0 spiro atoms. The highest BCUT2D eigenvalue weighted by atomic mass is 16.1. The lowest BCUT2D eigenvalue weighted by atomic mass is 10.2. The number of hydrogen-bond donors (Lipinski definition) is 2. The fourth-order valence-corrected chi connectivity index (χ4v) is 1.34. The van der Waals surface area contributed by atoms with Gasteiger partial charge in [-0.1, -0.05) is 6.92 Å². The van der Waals surface area contributed by atoms with Gasteiger partial charge in [0.2, 0.25) is 0 Å². The summed E-state index contributed by atoms with van der Waals surface area (Å²) >= 11 is 0. The van der Waals surface area contributed by atoms with E-state index in [4.69, 9.17) is 0 Å². The van der Waals surface area contributed by atoms with Gasteiger partial charge in [-0.15, -0.1) is 0 Å². The van der Waals surface area contributed by atoms with Crippen LogP contribution in [0.5, 0.6) is 0 Å². The average molecular weight is 221 g/mol. The SMILES string of the molecule is CCC(C)NC(=O)c1cc(C)nc(NC)c1. The highest BCUT2D eigenvalue weighted by Crippen LogP contribution is 2.09. The number of amides is 1. The number of rotatable bonds is 4. The van der Waals surface area contributed by atoms with Crippen molar-refractivity contribution in [1.29, 1.82) is 0 Å². The van der Waals surface area contributed by atoms with Crippen LogP contribution in [0.25, 0.3) is 0 Å². The van der Waals surface area contributed by atoms with E-state index in [1.807, 2.05) is 20.8 Å². The normalized spacial score (nSPS) is 12.0. The predicted octanol–water partition coefficient (Wildman–Crippen LogP) is 1.96. The van der Waals surface area contributed by atoms with Crippen LogP contribution in [0.2, 0.25) is 0 Å². The molecule has 16 heavy (non-hydrogen) atoms. The third kappa shape index (κ3) is 3.22. The zero-order chi connectivity index (χ0) is 12.1. The van der Waals surface area contributed by atoms with E-state index in [0.29, 0.717) is 11.4 Å². The van der Waals surface area contributed by atoms with E-state index in [-0.39, 0.29) is 11.9 Å². The lowest BCUT2D eigenvalue weighted by Gasteiger charge is -2.12. The summed E-state index contributed by atoms with van der Waals surface area (Å²) in [5, 5.41) is 5.87. The molecule has 0 fully saturated rings. The monoisotopic (exact) mass is 221 g/mol. The molecule has 4 nitrogen and oxygen atoms in total. The van der Waals surface area contributed by atoms with Crippen LogP contribution in [0.3, 0.4) is 0 Å². The summed E-state index contributed by atoms with van der Waals surface area (Å²) in [5.41, 5.74) is 1.48. The van der Waals surface area contributed by atoms with Crippen molar-refractivity contribution in [3.05, 3.63) is 23.4 Å². The van der Waals surface area contributed by atoms with Gasteiger partial charge in [0.05, 0.1) is 0 Å². The zero-order valence-corrected chi connectivity index (χ0v) is 10.3. The molecular formula is C12H19N3O. The van der Waals surface area contributed by atoms with Gasteiger partial charge < -0.3 is 10.6 Å². The van der Waals surface area contributed by atoms with E-state index in [9.17, 15) is 4.79 Å². The van der Waals surface area contributed by atoms with Gasteiger partial charge in [0.1, 0.15) is 5.82 Å². The number of pyridine rings is 1. The van der Waals surface area contributed by atoms with Crippen LogP contribution < -0.4 is 10.6 Å². The van der Waals surface area contributed by atoms with Gasteiger partial charge in [-0.2, -0.15) is 0 Å². The number of carbonyl (C=O) groups is 1. The number of anilines is 1. The highest BCUT2D eigenvalue weighted by molar-refractivity contribution is 5.95. The molecule has 1 atom stereocenters. The van der Waals surface area contributed by atoms with E-state index >= 15 is 0 Å². The number of hydrogen-bond acceptors (Lipinski definition) is 3. The van der Waals surface area contributed by atoms with Crippen LogP contribution in [0.1, 0.15) is 36.3 Å². The van der Waals surface area contributed by atoms with Crippen molar-refractivity contribution in [2.24, 2.45) is 0 Å². The quantitative estimate of drug-likeness (QED) is 0.817. The maximum absolute atomic E-state index is 11.9. The summed E-state index contributed by atoms with van der Waals surface area (Å²) in [6.45, 7) is 5.91. The minimum absolute atomic E-state index is 0.0450. The number of nitrogens with zero attached hydrogens (tertiary/aromatic N) is 1. The molecule has 0 saturated heterocycles. The number of carbonyl (C=O) groups excluding carboxylic acids is 1. The Bertz CT molecular complexity index is 377. The third-order valence-electron chi connectivity index (χ3n) is 2.46. The maximum Gasteiger partial charge on any atom is 0.251 e. The van der Waals surface area contributed by atoms with Crippen molar-refractivity contribution in [1.82, 2.24) is 10.3 Å². The van der Waals surface area contributed by atoms with Crippen LogP contribution in [0.15, 0.2) is 12.1 Å². The molecule has 1 unspecified atom stereocenters. The zero-order valence-electron chi connectivity index (χ0n) is 10.3. The predicted molar refractivity (Wildman–Crippen MR) is 65.7 cm³/mol. The molecule has 1 aromatic rings. The fraction of sp³-hybridized carbons (Fsp3) is 0.500. The van der Waals surface area contributed by atoms with Crippen molar-refractivity contribution in [3.63, 3.8) is 0 Å². The van der Waals surface area contributed by atoms with Crippen molar-refractivity contribution in [3.8, 4) is 0 Å². The topological polar surface area (TPSA) is 54.0 Å². The van der Waals surface area contributed by atoms with Crippen LogP contribution >= 0.6 is 0 Å². The first kappa shape index (κ1) is 12.5. The van der Waals surface area contributed by atoms with Crippen molar-refractivity contribution in [2.75, 3.05) is 12.4 Å². The van der Waals surface area contributed by atoms with Gasteiger partial charge in [0.25, 0.3) is 5.91 Å². The summed E-state index contributed by atoms with van der Waals surface area (Å²) < 4.78 is 0. The number of aromatic nitrogens is 1. The van der Waals surface area contributed by atoms with E-state index in [0.717, 1.165) is 12.1 Å². The third-order valence-corrected chi connectivity index (χ3v) is 2.46. The standard InChI is InChI=1S/C12H19N3O/c1-5-8(2)15-12(16)10-6-9(3)14-11(7-10)13-4/h6-8H,5H2,1-4H3,(H,13,14)(H,15,16). The molecule has 1 rings (SSSR count). The summed E-state index contributed by atoms with van der Waals surface area (Å²) in [6, 6.07) is 3.74. The van der Waals surface area contributed by atoms with Gasteiger partial charge in [0, 0.05) is 24.3 Å². The summed E-state index contributed by atoms with van der Waals surface area (Å²) in [6.07, 6.45) is 0.925. The molecule has 2 N–H and O–H groups in total. The Morgan fingerprint density at radius 3 is 2.75 bits per heavy atom. The Kier molecular flexibility index (Phi) is 4.28. The van der Waals surface area contributed by atoms with E-state index in [1.54, 1.807) is 19.2 Å². The van der Waals surface area contributed by atoms with Crippen LogP contribution in [-0.2, 0) is 0 Å². The summed E-state index contributed by atoms with van der Waals surface area (Å²) in [4.78, 5) is 16.1. The van der Waals surface area contributed by atoms with Gasteiger partial charge in [-0.25, -0.2) is 4.98 Å². The Morgan fingerprint density at radius 2 is 2.19 bits per heavy atom. The molecular weight excluding hydrogens is 202 g/mol. The Labute approximate surface area is 96.5 Å². The van der Waals surface area contributed by atoms with Crippen LogP contribution in [0, 0.1) is 6.92 Å². The molecule has 0 aromatic carbocycles. The summed E-state index contributed by atoms with van der Waals surface area (Å²) in [5.74, 6) is 0.672. The second kappa shape index (κ2) is 5.49. The van der Waals surface area contributed by atoms with Gasteiger partial charge in [0.15, 0.2) is 0 Å². The van der Waals surface area contributed by atoms with Crippen molar-refractivity contribution in [2.45, 2.75) is 33.2 Å². The lowest BCUT2D eigenvalue weighted by Crippen LogP contribution is -2.32. The number of nitrogens with one attached hydrogen (secondary N) is 2.